The molecule has 0 unspecified atom stereocenters. The van der Waals surface area contributed by atoms with E-state index in [0.29, 0.717) is 42.4 Å². The van der Waals surface area contributed by atoms with Gasteiger partial charge in [-0.3, -0.25) is 0 Å². The Morgan fingerprint density at radius 3 is 2.75 bits per heavy atom. The summed E-state index contributed by atoms with van der Waals surface area (Å²) in [4.78, 5) is 17.3. The smallest absolute Gasteiger partial charge is 0.315 e. The second-order valence-corrected chi connectivity index (χ2v) is 7.75. The van der Waals surface area contributed by atoms with Crippen LogP contribution in [0.2, 0.25) is 0 Å². The molecule has 0 fully saturated rings. The number of thiazole rings is 1. The van der Waals surface area contributed by atoms with E-state index in [9.17, 15) is 9.18 Å². The number of carbonyl (C=O) groups excluding carboxylic acids is 1. The maximum atomic E-state index is 13.5. The zero-order valence-electron chi connectivity index (χ0n) is 17.6. The highest BCUT2D eigenvalue weighted by molar-refractivity contribution is 7.15. The van der Waals surface area contributed by atoms with Gasteiger partial charge in [-0.2, -0.15) is 4.98 Å². The Kier molecular flexibility index (Phi) is 6.50. The van der Waals surface area contributed by atoms with E-state index >= 15 is 0 Å². The molecule has 0 atom stereocenters. The van der Waals surface area contributed by atoms with E-state index in [1.165, 1.54) is 23.5 Å². The molecule has 4 rings (SSSR count). The summed E-state index contributed by atoms with van der Waals surface area (Å²) in [5.74, 6) is 1.39. The van der Waals surface area contributed by atoms with Crippen LogP contribution in [0.4, 0.5) is 9.18 Å². The van der Waals surface area contributed by atoms with Crippen LogP contribution in [0.25, 0.3) is 16.3 Å². The number of nitrogens with one attached hydrogen (secondary N) is 2. The molecule has 0 radical (unpaired) electrons. The summed E-state index contributed by atoms with van der Waals surface area (Å²) in [6.45, 7) is 0.785. The number of benzene rings is 2. The van der Waals surface area contributed by atoms with Gasteiger partial charge in [0, 0.05) is 30.5 Å². The predicted octanol–water partition coefficient (Wildman–Crippen LogP) is 3.66. The Hall–Kier alpha value is -3.66. The lowest BCUT2D eigenvalue weighted by molar-refractivity contribution is 0.240. The third-order valence-electron chi connectivity index (χ3n) is 4.80. The predicted molar refractivity (Wildman–Crippen MR) is 120 cm³/mol. The van der Waals surface area contributed by atoms with Gasteiger partial charge in [0.1, 0.15) is 5.82 Å². The lowest BCUT2D eigenvalue weighted by Crippen LogP contribution is -2.36. The number of carbonyl (C=O) groups is 1. The Balaban J connectivity index is 1.31. The Morgan fingerprint density at radius 2 is 1.97 bits per heavy atom. The molecule has 0 aliphatic rings. The number of ether oxygens (including phenoxy) is 2. The molecule has 2 N–H and O–H groups in total. The first-order valence-electron chi connectivity index (χ1n) is 9.89. The number of methoxy groups -OCH3 is 2. The van der Waals surface area contributed by atoms with Gasteiger partial charge in [-0.25, -0.2) is 13.7 Å². The molecule has 0 spiro atoms. The third kappa shape index (κ3) is 4.80. The fraction of sp³-hybridized carbons (Fsp3) is 0.227. The van der Waals surface area contributed by atoms with Gasteiger partial charge in [-0.05, 0) is 29.8 Å². The number of rotatable bonds is 8. The maximum Gasteiger partial charge on any atom is 0.315 e. The van der Waals surface area contributed by atoms with Gasteiger partial charge >= 0.3 is 6.03 Å². The van der Waals surface area contributed by atoms with E-state index in [-0.39, 0.29) is 11.8 Å². The number of nitrogens with zero attached hydrogens (tertiary/aromatic N) is 3. The molecule has 2 aromatic carbocycles. The minimum atomic E-state index is -0.329. The second-order valence-electron chi connectivity index (χ2n) is 6.92. The average Bonchev–Trinajstić information content (AvgIpc) is 3.39. The molecule has 2 aromatic heterocycles. The summed E-state index contributed by atoms with van der Waals surface area (Å²) in [7, 11) is 3.14. The molecule has 2 heterocycles. The van der Waals surface area contributed by atoms with Crippen molar-refractivity contribution in [3.05, 3.63) is 64.9 Å². The Bertz CT molecular complexity index is 1240. The highest BCUT2D eigenvalue weighted by Gasteiger charge is 2.12. The fourth-order valence-electron chi connectivity index (χ4n) is 3.19. The molecule has 166 valence electrons. The number of amides is 2. The van der Waals surface area contributed by atoms with Crippen molar-refractivity contribution >= 4 is 22.3 Å². The van der Waals surface area contributed by atoms with Gasteiger partial charge < -0.3 is 20.1 Å². The van der Waals surface area contributed by atoms with Crippen LogP contribution < -0.4 is 20.1 Å². The van der Waals surface area contributed by atoms with Crippen molar-refractivity contribution in [1.82, 2.24) is 25.2 Å². The first-order valence-corrected chi connectivity index (χ1v) is 10.8. The maximum absolute atomic E-state index is 13.5. The molecule has 32 heavy (non-hydrogen) atoms. The van der Waals surface area contributed by atoms with E-state index in [0.717, 1.165) is 16.2 Å². The summed E-state index contributed by atoms with van der Waals surface area (Å²) < 4.78 is 25.7. The lowest BCUT2D eigenvalue weighted by Gasteiger charge is -2.11. The Labute approximate surface area is 188 Å². The molecule has 0 aliphatic carbocycles. The second kappa shape index (κ2) is 9.65. The number of urea groups is 1. The number of hydrogen-bond acceptors (Lipinski definition) is 6. The first kappa shape index (κ1) is 21.6. The van der Waals surface area contributed by atoms with Gasteiger partial charge in [0.25, 0.3) is 0 Å². The summed E-state index contributed by atoms with van der Waals surface area (Å²) >= 11 is 1.45. The summed E-state index contributed by atoms with van der Waals surface area (Å²) in [5.41, 5.74) is 2.43. The number of halogens is 1. The minimum Gasteiger partial charge on any atom is -0.493 e. The van der Waals surface area contributed by atoms with E-state index in [1.54, 1.807) is 36.9 Å². The van der Waals surface area contributed by atoms with Crippen LogP contribution in [0.3, 0.4) is 0 Å². The van der Waals surface area contributed by atoms with Crippen molar-refractivity contribution in [3.8, 4) is 22.9 Å². The van der Waals surface area contributed by atoms with Gasteiger partial charge in [-0.1, -0.05) is 18.2 Å². The van der Waals surface area contributed by atoms with Crippen LogP contribution in [0, 0.1) is 5.82 Å². The van der Waals surface area contributed by atoms with E-state index < -0.39 is 0 Å². The van der Waals surface area contributed by atoms with E-state index in [2.05, 4.69) is 20.7 Å². The molecule has 10 heteroatoms. The normalized spacial score (nSPS) is 10.8. The molecule has 0 aliphatic heterocycles. The third-order valence-corrected chi connectivity index (χ3v) is 5.67. The highest BCUT2D eigenvalue weighted by atomic mass is 32.1. The number of aromatic nitrogens is 3. The van der Waals surface area contributed by atoms with Crippen molar-refractivity contribution in [3.63, 3.8) is 0 Å². The Morgan fingerprint density at radius 1 is 1.12 bits per heavy atom. The lowest BCUT2D eigenvalue weighted by atomic mass is 10.2. The van der Waals surface area contributed by atoms with Crippen LogP contribution in [0.5, 0.6) is 11.5 Å². The van der Waals surface area contributed by atoms with E-state index in [4.69, 9.17) is 9.47 Å². The average molecular weight is 456 g/mol. The summed E-state index contributed by atoms with van der Waals surface area (Å²) in [6, 6.07) is 11.4. The van der Waals surface area contributed by atoms with Gasteiger partial charge in [0.2, 0.25) is 4.96 Å². The van der Waals surface area contributed by atoms with Gasteiger partial charge in [0.05, 0.1) is 19.9 Å². The summed E-state index contributed by atoms with van der Waals surface area (Å²) in [6.07, 6.45) is 0.579. The number of fused-ring (bicyclic) bond motifs is 1. The summed E-state index contributed by atoms with van der Waals surface area (Å²) in [5, 5.41) is 12.1. The van der Waals surface area contributed by atoms with Crippen LogP contribution in [-0.4, -0.2) is 41.4 Å². The topological polar surface area (TPSA) is 89.8 Å². The first-order chi connectivity index (χ1) is 15.6. The SMILES string of the molecule is COc1ccc(CNC(=O)NCCc2csc3nc(-c4cccc(F)c4)nn23)cc1OC. The number of hydrogen-bond donors (Lipinski definition) is 2. The molecule has 4 aromatic rings. The van der Waals surface area contributed by atoms with Crippen molar-refractivity contribution in [2.24, 2.45) is 0 Å². The molecule has 0 saturated heterocycles. The van der Waals surface area contributed by atoms with Crippen LogP contribution in [-0.2, 0) is 13.0 Å². The zero-order valence-corrected chi connectivity index (χ0v) is 18.4. The van der Waals surface area contributed by atoms with Crippen LogP contribution in [0.1, 0.15) is 11.3 Å². The molecule has 8 nitrogen and oxygen atoms in total. The van der Waals surface area contributed by atoms with Gasteiger partial charge in [0.15, 0.2) is 17.3 Å². The standard InChI is InChI=1S/C22H22FN5O3S/c1-30-18-7-6-14(10-19(18)31-2)12-25-21(29)24-9-8-17-13-32-22-26-20(27-28(17)22)15-4-3-5-16(23)11-15/h3-7,10-11,13H,8-9,12H2,1-2H3,(H2,24,25,29). The van der Waals surface area contributed by atoms with E-state index in [1.807, 2.05) is 17.5 Å². The molecule has 0 saturated carbocycles. The van der Waals surface area contributed by atoms with Crippen molar-refractivity contribution in [2.45, 2.75) is 13.0 Å². The quantitative estimate of drug-likeness (QED) is 0.423. The highest BCUT2D eigenvalue weighted by Crippen LogP contribution is 2.27. The van der Waals surface area contributed by atoms with Gasteiger partial charge in [-0.15, -0.1) is 16.4 Å². The van der Waals surface area contributed by atoms with Crippen LogP contribution in [0.15, 0.2) is 47.8 Å². The molecular formula is C22H22FN5O3S. The zero-order chi connectivity index (χ0) is 22.5. The van der Waals surface area contributed by atoms with Crippen LogP contribution >= 0.6 is 11.3 Å². The monoisotopic (exact) mass is 455 g/mol. The minimum absolute atomic E-state index is 0.273. The van der Waals surface area contributed by atoms with Crippen molar-refractivity contribution < 1.29 is 18.7 Å². The fourth-order valence-corrected chi connectivity index (χ4v) is 4.04. The largest absolute Gasteiger partial charge is 0.493 e. The van der Waals surface area contributed by atoms with Crippen molar-refractivity contribution in [2.75, 3.05) is 20.8 Å². The molecule has 0 bridgehead atoms. The molecular weight excluding hydrogens is 433 g/mol. The van der Waals surface area contributed by atoms with Crippen molar-refractivity contribution in [1.29, 1.82) is 0 Å². The molecule has 2 amide bonds.